The summed E-state index contributed by atoms with van der Waals surface area (Å²) in [6, 6.07) is 6.99. The molecule has 3 rings (SSSR count). The van der Waals surface area contributed by atoms with Crippen LogP contribution in [0.4, 0.5) is 13.2 Å². The molecule has 10 heteroatoms. The van der Waals surface area contributed by atoms with Gasteiger partial charge in [-0.25, -0.2) is 12.7 Å². The van der Waals surface area contributed by atoms with E-state index < -0.39 is 39.8 Å². The average molecular weight is 372 g/mol. The number of aromatic nitrogens is 1. The summed E-state index contributed by atoms with van der Waals surface area (Å²) < 4.78 is 64.2. The molecule has 6 nitrogen and oxygen atoms in total. The van der Waals surface area contributed by atoms with Crippen molar-refractivity contribution < 1.29 is 26.4 Å². The summed E-state index contributed by atoms with van der Waals surface area (Å²) in [7, 11) is -4.07. The van der Waals surface area contributed by atoms with Crippen LogP contribution in [-0.4, -0.2) is 29.7 Å². The number of pyridine rings is 1. The highest BCUT2D eigenvalue weighted by Gasteiger charge is 2.40. The minimum absolute atomic E-state index is 0.00103. The zero-order valence-electron chi connectivity index (χ0n) is 12.5. The van der Waals surface area contributed by atoms with E-state index in [9.17, 15) is 31.2 Å². The lowest BCUT2D eigenvalue weighted by atomic mass is 10.2. The monoisotopic (exact) mass is 372 g/mol. The van der Waals surface area contributed by atoms with Gasteiger partial charge in [0.25, 0.3) is 21.5 Å². The Morgan fingerprint density at radius 1 is 0.960 bits per heavy atom. The first-order valence-corrected chi connectivity index (χ1v) is 8.50. The normalized spacial score (nSPS) is 16.1. The summed E-state index contributed by atoms with van der Waals surface area (Å²) in [4.78, 5) is 23.8. The van der Waals surface area contributed by atoms with E-state index >= 15 is 0 Å². The lowest BCUT2D eigenvalue weighted by Gasteiger charge is -2.16. The van der Waals surface area contributed by atoms with Crippen LogP contribution in [0.25, 0.3) is 0 Å². The molecule has 2 heterocycles. The second kappa shape index (κ2) is 5.73. The SMILES string of the molecule is O=C1c2ccccc2S(=O)(=O)N1CCn1cc(C(F)(F)F)ccc1=O. The van der Waals surface area contributed by atoms with E-state index in [0.29, 0.717) is 16.6 Å². The Bertz CT molecular complexity index is 1010. The van der Waals surface area contributed by atoms with Crippen molar-refractivity contribution >= 4 is 15.9 Å². The molecule has 0 unspecified atom stereocenters. The van der Waals surface area contributed by atoms with Crippen molar-refractivity contribution in [2.75, 3.05) is 6.54 Å². The number of nitrogens with zero attached hydrogens (tertiary/aromatic N) is 2. The summed E-state index contributed by atoms with van der Waals surface area (Å²) in [5, 5.41) is 0. The lowest BCUT2D eigenvalue weighted by molar-refractivity contribution is -0.138. The fourth-order valence-electron chi connectivity index (χ4n) is 2.52. The third-order valence-corrected chi connectivity index (χ3v) is 5.61. The Kier molecular flexibility index (Phi) is 3.94. The lowest BCUT2D eigenvalue weighted by Crippen LogP contribution is -2.35. The Hall–Kier alpha value is -2.62. The molecule has 0 spiro atoms. The van der Waals surface area contributed by atoms with Crippen molar-refractivity contribution in [2.45, 2.75) is 17.6 Å². The summed E-state index contributed by atoms with van der Waals surface area (Å²) in [5.41, 5.74) is -1.76. The Morgan fingerprint density at radius 3 is 2.28 bits per heavy atom. The third-order valence-electron chi connectivity index (χ3n) is 3.77. The van der Waals surface area contributed by atoms with Gasteiger partial charge in [-0.1, -0.05) is 12.1 Å². The minimum Gasteiger partial charge on any atom is -0.313 e. The predicted molar refractivity (Wildman–Crippen MR) is 80.4 cm³/mol. The van der Waals surface area contributed by atoms with Crippen LogP contribution in [0.1, 0.15) is 15.9 Å². The molecule has 1 amide bonds. The predicted octanol–water partition coefficient (Wildman–Crippen LogP) is 1.71. The van der Waals surface area contributed by atoms with Crippen LogP contribution >= 0.6 is 0 Å². The smallest absolute Gasteiger partial charge is 0.313 e. The molecule has 0 fully saturated rings. The largest absolute Gasteiger partial charge is 0.417 e. The maximum absolute atomic E-state index is 12.7. The summed E-state index contributed by atoms with van der Waals surface area (Å²) in [6.45, 7) is -0.835. The van der Waals surface area contributed by atoms with E-state index in [-0.39, 0.29) is 17.0 Å². The van der Waals surface area contributed by atoms with Gasteiger partial charge in [-0.15, -0.1) is 0 Å². The number of carbonyl (C=O) groups is 1. The van der Waals surface area contributed by atoms with Crippen molar-refractivity contribution in [3.63, 3.8) is 0 Å². The van der Waals surface area contributed by atoms with Crippen molar-refractivity contribution in [3.8, 4) is 0 Å². The van der Waals surface area contributed by atoms with Gasteiger partial charge >= 0.3 is 6.18 Å². The molecular weight excluding hydrogens is 361 g/mol. The molecule has 2 aromatic rings. The second-order valence-corrected chi connectivity index (χ2v) is 7.16. The number of carbonyl (C=O) groups excluding carboxylic acids is 1. The van der Waals surface area contributed by atoms with Crippen LogP contribution in [0, 0.1) is 0 Å². The van der Waals surface area contributed by atoms with Gasteiger partial charge < -0.3 is 4.57 Å². The van der Waals surface area contributed by atoms with Gasteiger partial charge in [0.15, 0.2) is 0 Å². The Balaban J connectivity index is 1.89. The number of rotatable bonds is 3. The molecule has 1 aliphatic heterocycles. The van der Waals surface area contributed by atoms with Crippen LogP contribution in [0.5, 0.6) is 0 Å². The van der Waals surface area contributed by atoms with E-state index in [0.717, 1.165) is 10.6 Å². The van der Waals surface area contributed by atoms with E-state index in [1.165, 1.54) is 24.3 Å². The highest BCUT2D eigenvalue weighted by atomic mass is 32.2. The number of fused-ring (bicyclic) bond motifs is 1. The standard InChI is InChI=1S/C15H11F3N2O4S/c16-15(17,18)10-5-6-13(21)19(9-10)7-8-20-14(22)11-3-1-2-4-12(11)25(20,23)24/h1-6,9H,7-8H2. The number of halogens is 3. The van der Waals surface area contributed by atoms with Gasteiger partial charge in [-0.05, 0) is 18.2 Å². The molecular formula is C15H11F3N2O4S. The molecule has 132 valence electrons. The van der Waals surface area contributed by atoms with Gasteiger partial charge in [-0.2, -0.15) is 13.2 Å². The molecule has 0 radical (unpaired) electrons. The van der Waals surface area contributed by atoms with Gasteiger partial charge in [0, 0.05) is 18.8 Å². The molecule has 1 aliphatic rings. The molecule has 0 saturated heterocycles. The maximum Gasteiger partial charge on any atom is 0.417 e. The van der Waals surface area contributed by atoms with Gasteiger partial charge in [-0.3, -0.25) is 9.59 Å². The minimum atomic E-state index is -4.64. The summed E-state index contributed by atoms with van der Waals surface area (Å²) >= 11 is 0. The average Bonchev–Trinajstić information content (AvgIpc) is 2.73. The van der Waals surface area contributed by atoms with Crippen molar-refractivity contribution in [1.82, 2.24) is 8.87 Å². The second-order valence-electron chi connectivity index (χ2n) is 5.33. The first kappa shape index (κ1) is 17.2. The van der Waals surface area contributed by atoms with Crippen molar-refractivity contribution in [2.24, 2.45) is 0 Å². The number of alkyl halides is 3. The number of hydrogen-bond donors (Lipinski definition) is 0. The summed E-state index contributed by atoms with van der Waals surface area (Å²) in [6.07, 6.45) is -4.04. The Labute approximate surface area is 140 Å². The summed E-state index contributed by atoms with van der Waals surface area (Å²) in [5.74, 6) is -0.768. The van der Waals surface area contributed by atoms with Crippen LogP contribution in [0.2, 0.25) is 0 Å². The van der Waals surface area contributed by atoms with E-state index in [1.54, 1.807) is 0 Å². The van der Waals surface area contributed by atoms with Crippen molar-refractivity contribution in [3.05, 3.63) is 64.1 Å². The molecule has 0 bridgehead atoms. The van der Waals surface area contributed by atoms with E-state index in [2.05, 4.69) is 0 Å². The van der Waals surface area contributed by atoms with E-state index in [4.69, 9.17) is 0 Å². The topological polar surface area (TPSA) is 76.5 Å². The first-order valence-electron chi connectivity index (χ1n) is 7.06. The fourth-order valence-corrected chi connectivity index (χ4v) is 4.08. The number of amides is 1. The van der Waals surface area contributed by atoms with Crippen LogP contribution in [-0.2, 0) is 22.7 Å². The molecule has 0 N–H and O–H groups in total. The zero-order chi connectivity index (χ0) is 18.4. The molecule has 0 atom stereocenters. The van der Waals surface area contributed by atoms with Crippen LogP contribution in [0.15, 0.2) is 52.3 Å². The molecule has 25 heavy (non-hydrogen) atoms. The van der Waals surface area contributed by atoms with Gasteiger partial charge in [0.05, 0.1) is 17.7 Å². The maximum atomic E-state index is 12.7. The number of hydrogen-bond acceptors (Lipinski definition) is 4. The molecule has 0 saturated carbocycles. The molecule has 1 aromatic heterocycles. The van der Waals surface area contributed by atoms with Gasteiger partial charge in [0.1, 0.15) is 4.90 Å². The quantitative estimate of drug-likeness (QED) is 0.822. The van der Waals surface area contributed by atoms with Gasteiger partial charge in [0.2, 0.25) is 0 Å². The highest BCUT2D eigenvalue weighted by molar-refractivity contribution is 7.90. The zero-order valence-corrected chi connectivity index (χ0v) is 13.3. The third kappa shape index (κ3) is 2.93. The first-order chi connectivity index (χ1) is 11.6. The van der Waals surface area contributed by atoms with Crippen molar-refractivity contribution in [1.29, 1.82) is 0 Å². The van der Waals surface area contributed by atoms with E-state index in [1.807, 2.05) is 0 Å². The highest BCUT2D eigenvalue weighted by Crippen LogP contribution is 2.30. The number of sulfonamides is 1. The Morgan fingerprint density at radius 2 is 1.64 bits per heavy atom. The van der Waals surface area contributed by atoms with Crippen LogP contribution in [0.3, 0.4) is 0 Å². The molecule has 1 aromatic carbocycles. The van der Waals surface area contributed by atoms with Crippen LogP contribution < -0.4 is 5.56 Å². The molecule has 0 aliphatic carbocycles. The number of benzene rings is 1. The fraction of sp³-hybridized carbons (Fsp3) is 0.200.